The van der Waals surface area contributed by atoms with Gasteiger partial charge in [-0.3, -0.25) is 23.4 Å². The van der Waals surface area contributed by atoms with Crippen molar-refractivity contribution in [3.8, 4) is 0 Å². The molecule has 2 N–H and O–H groups in total. The van der Waals surface area contributed by atoms with Gasteiger partial charge >= 0.3 is 25.7 Å². The number of hydrogen-bond donors (Lipinski definition) is 2. The highest BCUT2D eigenvalue weighted by molar-refractivity contribution is 7.47. The third-order valence-electron chi connectivity index (χ3n) is 11.1. The van der Waals surface area contributed by atoms with E-state index in [0.29, 0.717) is 25.7 Å². The van der Waals surface area contributed by atoms with Crippen LogP contribution in [-0.2, 0) is 42.2 Å². The van der Waals surface area contributed by atoms with Gasteiger partial charge in [-0.2, -0.15) is 0 Å². The maximum absolute atomic E-state index is 12.8. The highest BCUT2D eigenvalue weighted by Gasteiger charge is 2.28. The number of carbonyl (C=O) groups is 3. The smallest absolute Gasteiger partial charge is 0.462 e. The van der Waals surface area contributed by atoms with Crippen molar-refractivity contribution in [3.63, 3.8) is 0 Å². The van der Waals surface area contributed by atoms with E-state index < -0.39 is 57.8 Å². The van der Waals surface area contributed by atoms with Crippen LogP contribution in [0.25, 0.3) is 0 Å². The first-order chi connectivity index (χ1) is 33.2. The third kappa shape index (κ3) is 48.0. The van der Waals surface area contributed by atoms with E-state index in [2.05, 4.69) is 81.5 Å². The van der Waals surface area contributed by atoms with Crippen LogP contribution in [0.2, 0.25) is 0 Å². The zero-order chi connectivity index (χ0) is 49.9. The Morgan fingerprint density at radius 2 is 0.794 bits per heavy atom. The van der Waals surface area contributed by atoms with Crippen molar-refractivity contribution in [2.75, 3.05) is 26.4 Å². The highest BCUT2D eigenvalue weighted by atomic mass is 31.2. The lowest BCUT2D eigenvalue weighted by molar-refractivity contribution is -0.161. The van der Waals surface area contributed by atoms with Crippen LogP contribution in [0, 0.1) is 0 Å². The molecular weight excluding hydrogens is 880 g/mol. The Balaban J connectivity index is 4.84. The van der Waals surface area contributed by atoms with Crippen LogP contribution in [-0.4, -0.2) is 66.5 Å². The van der Waals surface area contributed by atoms with E-state index in [0.717, 1.165) is 89.9 Å². The summed E-state index contributed by atoms with van der Waals surface area (Å²) in [5, 5.41) is 9.77. The van der Waals surface area contributed by atoms with Gasteiger partial charge in [0.2, 0.25) is 0 Å². The molecule has 3 unspecified atom stereocenters. The van der Waals surface area contributed by atoms with Crippen molar-refractivity contribution in [2.24, 2.45) is 0 Å². The molecular formula is C56H97O11P. The van der Waals surface area contributed by atoms with Crippen LogP contribution in [0.15, 0.2) is 72.9 Å². The van der Waals surface area contributed by atoms with Gasteiger partial charge in [-0.25, -0.2) is 4.57 Å². The van der Waals surface area contributed by atoms with Crippen LogP contribution in [0.1, 0.15) is 226 Å². The molecule has 11 nitrogen and oxygen atoms in total. The van der Waals surface area contributed by atoms with Gasteiger partial charge in [0.15, 0.2) is 6.10 Å². The van der Waals surface area contributed by atoms with Crippen LogP contribution < -0.4 is 0 Å². The molecule has 3 atom stereocenters. The van der Waals surface area contributed by atoms with Crippen LogP contribution in [0.3, 0.4) is 0 Å². The summed E-state index contributed by atoms with van der Waals surface area (Å²) in [5.41, 5.74) is 0. The topological polar surface area (TPSA) is 155 Å². The molecule has 0 aliphatic heterocycles. The molecule has 0 aliphatic rings. The van der Waals surface area contributed by atoms with E-state index in [-0.39, 0.29) is 25.9 Å². The molecule has 0 aromatic rings. The molecule has 0 aromatic heterocycles. The minimum absolute atomic E-state index is 0.0886. The Kier molecular flexibility index (Phi) is 48.0. The number of phosphoric acid groups is 1. The molecule has 0 spiro atoms. The molecule has 0 aliphatic carbocycles. The number of phosphoric ester groups is 1. The summed E-state index contributed by atoms with van der Waals surface area (Å²) in [6, 6.07) is 0. The van der Waals surface area contributed by atoms with Gasteiger partial charge in [-0.1, -0.05) is 203 Å². The number of carbonyl (C=O) groups excluding carboxylic acids is 3. The lowest BCUT2D eigenvalue weighted by atomic mass is 10.0. The van der Waals surface area contributed by atoms with E-state index >= 15 is 0 Å². The van der Waals surface area contributed by atoms with Crippen LogP contribution >= 0.6 is 7.82 Å². The maximum Gasteiger partial charge on any atom is 0.472 e. The summed E-state index contributed by atoms with van der Waals surface area (Å²) < 4.78 is 39.3. The fourth-order valence-corrected chi connectivity index (χ4v) is 7.80. The van der Waals surface area contributed by atoms with Gasteiger partial charge in [0, 0.05) is 19.3 Å². The van der Waals surface area contributed by atoms with E-state index in [1.807, 2.05) is 12.2 Å². The van der Waals surface area contributed by atoms with E-state index in [9.17, 15) is 28.9 Å². The van der Waals surface area contributed by atoms with E-state index in [4.69, 9.17) is 23.3 Å². The van der Waals surface area contributed by atoms with Crippen molar-refractivity contribution < 1.29 is 52.2 Å². The number of rotatable bonds is 49. The molecule has 12 heteroatoms. The third-order valence-corrected chi connectivity index (χ3v) is 12.1. The molecule has 0 aromatic carbocycles. The summed E-state index contributed by atoms with van der Waals surface area (Å²) in [6.45, 7) is 4.41. The fourth-order valence-electron chi connectivity index (χ4n) is 7.02. The standard InChI is InChI=1S/C56H97O11P/c1-4-7-10-13-16-19-22-24-25-26-27-29-32-35-38-41-44-47-56(60)67-53(49-63-54(58)45-42-39-36-33-31-28-23-20-17-14-11-8-5-2)51-65-68(61,62)64-50-52(48-57)66-55(59)46-43-40-37-34-30-21-18-15-12-9-6-3/h7,10,15-16,18-19,24-25,27,29,35,38,52-53,57H,4-6,8-9,11-14,17,20-23,26,28,30-34,36-37,39-51H2,1-3H3,(H,61,62)/b10-7-,18-15-,19-16-,25-24-,29-27-,38-35-. The second-order valence-electron chi connectivity index (χ2n) is 17.7. The molecule has 0 saturated heterocycles. The number of allylic oxidation sites excluding steroid dienone is 12. The summed E-state index contributed by atoms with van der Waals surface area (Å²) in [5.74, 6) is -1.54. The van der Waals surface area contributed by atoms with E-state index in [1.165, 1.54) is 70.6 Å². The highest BCUT2D eigenvalue weighted by Crippen LogP contribution is 2.43. The Hall–Kier alpha value is -3.08. The second-order valence-corrected chi connectivity index (χ2v) is 19.1. The first-order valence-electron chi connectivity index (χ1n) is 26.8. The van der Waals surface area contributed by atoms with Gasteiger partial charge in [-0.05, 0) is 77.0 Å². The molecule has 0 radical (unpaired) electrons. The first kappa shape index (κ1) is 64.9. The van der Waals surface area contributed by atoms with Crippen LogP contribution in [0.5, 0.6) is 0 Å². The first-order valence-corrected chi connectivity index (χ1v) is 28.3. The van der Waals surface area contributed by atoms with E-state index in [1.54, 1.807) is 0 Å². The Morgan fingerprint density at radius 1 is 0.426 bits per heavy atom. The van der Waals surface area contributed by atoms with Gasteiger partial charge in [0.1, 0.15) is 12.7 Å². The average Bonchev–Trinajstić information content (AvgIpc) is 3.32. The Morgan fingerprint density at radius 3 is 1.29 bits per heavy atom. The van der Waals surface area contributed by atoms with Crippen molar-refractivity contribution in [1.29, 1.82) is 0 Å². The largest absolute Gasteiger partial charge is 0.472 e. The summed E-state index contributed by atoms with van der Waals surface area (Å²) in [6.07, 6.45) is 54.5. The zero-order valence-electron chi connectivity index (χ0n) is 43.1. The SMILES string of the molecule is CC/C=C\C/C=C\C/C=C\C/C=C\C/C=C\CCCC(=O)OC(COC(=O)CCCCCCCCCCCCCCC)COP(=O)(O)OCC(CO)OC(=O)CCCCCCC/C=C\CCCC. The summed E-state index contributed by atoms with van der Waals surface area (Å²) in [7, 11) is -4.76. The number of unbranched alkanes of at least 4 members (excludes halogenated alkanes) is 20. The number of hydrogen-bond acceptors (Lipinski definition) is 10. The lowest BCUT2D eigenvalue weighted by Gasteiger charge is -2.21. The minimum Gasteiger partial charge on any atom is -0.462 e. The number of esters is 3. The lowest BCUT2D eigenvalue weighted by Crippen LogP contribution is -2.30. The van der Waals surface area contributed by atoms with Gasteiger partial charge in [0.25, 0.3) is 0 Å². The summed E-state index contributed by atoms with van der Waals surface area (Å²) >= 11 is 0. The number of aliphatic hydroxyl groups is 1. The molecule has 0 amide bonds. The Bertz CT molecular complexity index is 1420. The predicted molar refractivity (Wildman–Crippen MR) is 279 cm³/mol. The van der Waals surface area contributed by atoms with Gasteiger partial charge in [-0.15, -0.1) is 0 Å². The fraction of sp³-hybridized carbons (Fsp3) is 0.732. The normalized spacial score (nSPS) is 14.0. The number of ether oxygens (including phenoxy) is 3. The quantitative estimate of drug-likeness (QED) is 0.0197. The monoisotopic (exact) mass is 977 g/mol. The average molecular weight is 977 g/mol. The second kappa shape index (κ2) is 50.3. The molecule has 68 heavy (non-hydrogen) atoms. The van der Waals surface area contributed by atoms with Crippen molar-refractivity contribution in [3.05, 3.63) is 72.9 Å². The zero-order valence-corrected chi connectivity index (χ0v) is 43.9. The maximum atomic E-state index is 12.8. The summed E-state index contributed by atoms with van der Waals surface area (Å²) in [4.78, 5) is 48.3. The predicted octanol–water partition coefficient (Wildman–Crippen LogP) is 15.4. The Labute approximate surface area is 414 Å². The minimum atomic E-state index is -4.76. The van der Waals surface area contributed by atoms with Gasteiger partial charge < -0.3 is 24.2 Å². The van der Waals surface area contributed by atoms with Crippen molar-refractivity contribution in [2.45, 2.75) is 238 Å². The van der Waals surface area contributed by atoms with Crippen molar-refractivity contribution in [1.82, 2.24) is 0 Å². The van der Waals surface area contributed by atoms with Gasteiger partial charge in [0.05, 0.1) is 19.8 Å². The van der Waals surface area contributed by atoms with Crippen molar-refractivity contribution >= 4 is 25.7 Å². The van der Waals surface area contributed by atoms with Crippen LogP contribution in [0.4, 0.5) is 0 Å². The molecule has 0 fully saturated rings. The molecule has 0 bridgehead atoms. The molecule has 0 rings (SSSR count). The molecule has 0 heterocycles. The number of aliphatic hydroxyl groups excluding tert-OH is 1. The molecule has 392 valence electrons. The molecule has 0 saturated carbocycles.